The number of rotatable bonds is 14. The molecule has 1 rings (SSSR count). The highest BCUT2D eigenvalue weighted by Gasteiger charge is 2.38. The summed E-state index contributed by atoms with van der Waals surface area (Å²) in [5, 5.41) is 22.8. The van der Waals surface area contributed by atoms with Gasteiger partial charge in [-0.15, -0.1) is 0 Å². The van der Waals surface area contributed by atoms with Gasteiger partial charge in [-0.25, -0.2) is 4.79 Å². The van der Waals surface area contributed by atoms with Crippen molar-refractivity contribution in [2.24, 2.45) is 27.9 Å². The number of carbonyl (C=O) groups excluding carboxylic acids is 4. The Balaban J connectivity index is 2.89. The topological polar surface area (TPSA) is 287 Å². The summed E-state index contributed by atoms with van der Waals surface area (Å²) in [6, 6.07) is -5.28. The first-order valence-electron chi connectivity index (χ1n) is 10.8. The molecule has 12 N–H and O–H groups in total. The smallest absolute Gasteiger partial charge is 0.326 e. The van der Waals surface area contributed by atoms with Gasteiger partial charge in [-0.05, 0) is 25.7 Å². The molecule has 0 radical (unpaired) electrons. The van der Waals surface area contributed by atoms with Gasteiger partial charge in [0.25, 0.3) is 0 Å². The average Bonchev–Trinajstić information content (AvgIpc) is 3.23. The van der Waals surface area contributed by atoms with Crippen LogP contribution < -0.4 is 33.6 Å². The van der Waals surface area contributed by atoms with Crippen molar-refractivity contribution in [3.05, 3.63) is 0 Å². The van der Waals surface area contributed by atoms with Gasteiger partial charge in [-0.2, -0.15) is 0 Å². The molecule has 0 aliphatic carbocycles. The van der Waals surface area contributed by atoms with E-state index in [1.807, 2.05) is 0 Å². The quantitative estimate of drug-likeness (QED) is 0.0642. The van der Waals surface area contributed by atoms with Crippen LogP contribution in [0.3, 0.4) is 0 Å². The second-order valence-electron chi connectivity index (χ2n) is 7.97. The molecule has 4 atom stereocenters. The van der Waals surface area contributed by atoms with Crippen LogP contribution in [0, 0.1) is 0 Å². The van der Waals surface area contributed by atoms with Crippen LogP contribution in [-0.2, 0) is 28.8 Å². The molecular weight excluding hydrogens is 468 g/mol. The number of aliphatic carboxylic acids is 2. The Morgan fingerprint density at radius 1 is 1.00 bits per heavy atom. The van der Waals surface area contributed by atoms with Crippen molar-refractivity contribution < 1.29 is 39.0 Å². The number of hydrogen-bond donors (Lipinski definition) is 8. The molecule has 0 aromatic rings. The molecule has 1 aliphatic rings. The zero-order chi connectivity index (χ0) is 26.7. The highest BCUT2D eigenvalue weighted by molar-refractivity contribution is 5.96. The Hall–Kier alpha value is -3.95. The van der Waals surface area contributed by atoms with E-state index in [9.17, 15) is 33.9 Å². The van der Waals surface area contributed by atoms with Crippen molar-refractivity contribution in [1.82, 2.24) is 15.5 Å². The fourth-order valence-electron chi connectivity index (χ4n) is 3.50. The summed E-state index contributed by atoms with van der Waals surface area (Å²) in [7, 11) is 0. The second kappa shape index (κ2) is 13.7. The molecule has 35 heavy (non-hydrogen) atoms. The molecule has 1 aliphatic heterocycles. The van der Waals surface area contributed by atoms with Crippen LogP contribution in [0.25, 0.3) is 0 Å². The number of hydrogen-bond acceptors (Lipinski definition) is 8. The lowest BCUT2D eigenvalue weighted by Gasteiger charge is -2.28. The van der Waals surface area contributed by atoms with Crippen LogP contribution in [-0.4, -0.2) is 93.9 Å². The Labute approximate surface area is 200 Å². The van der Waals surface area contributed by atoms with Gasteiger partial charge in [0.15, 0.2) is 5.96 Å². The van der Waals surface area contributed by atoms with Gasteiger partial charge in [-0.1, -0.05) is 0 Å². The highest BCUT2D eigenvalue weighted by atomic mass is 16.4. The number of nitrogens with one attached hydrogen (secondary N) is 2. The van der Waals surface area contributed by atoms with Crippen LogP contribution in [0.1, 0.15) is 38.5 Å². The predicted octanol–water partition coefficient (Wildman–Crippen LogP) is -4.24. The molecule has 1 heterocycles. The Morgan fingerprint density at radius 3 is 2.20 bits per heavy atom. The average molecular weight is 501 g/mol. The summed E-state index contributed by atoms with van der Waals surface area (Å²) in [6.07, 6.45) is -0.440. The summed E-state index contributed by atoms with van der Waals surface area (Å²) >= 11 is 0. The maximum absolute atomic E-state index is 12.8. The van der Waals surface area contributed by atoms with Gasteiger partial charge in [0.2, 0.25) is 23.6 Å². The van der Waals surface area contributed by atoms with Crippen LogP contribution >= 0.6 is 0 Å². The Morgan fingerprint density at radius 2 is 1.66 bits per heavy atom. The summed E-state index contributed by atoms with van der Waals surface area (Å²) in [5.41, 5.74) is 21.2. The lowest BCUT2D eigenvalue weighted by Crippen LogP contribution is -2.57. The summed E-state index contributed by atoms with van der Waals surface area (Å²) in [5.74, 6) is -6.25. The van der Waals surface area contributed by atoms with E-state index in [0.717, 1.165) is 4.90 Å². The second-order valence-corrected chi connectivity index (χ2v) is 7.97. The van der Waals surface area contributed by atoms with E-state index in [4.69, 9.17) is 28.0 Å². The van der Waals surface area contributed by atoms with Gasteiger partial charge in [0.1, 0.15) is 18.1 Å². The van der Waals surface area contributed by atoms with Crippen molar-refractivity contribution in [3.8, 4) is 0 Å². The molecular formula is C19H32N8O8. The van der Waals surface area contributed by atoms with Crippen LogP contribution in [0.15, 0.2) is 4.99 Å². The molecule has 1 fully saturated rings. The molecule has 1 saturated heterocycles. The zero-order valence-electron chi connectivity index (χ0n) is 19.0. The molecule has 0 aromatic carbocycles. The van der Waals surface area contributed by atoms with Gasteiger partial charge >= 0.3 is 11.9 Å². The van der Waals surface area contributed by atoms with Crippen LogP contribution in [0.2, 0.25) is 0 Å². The normalized spacial score (nSPS) is 17.5. The third-order valence-corrected chi connectivity index (χ3v) is 5.15. The van der Waals surface area contributed by atoms with Crippen molar-refractivity contribution in [1.29, 1.82) is 0 Å². The number of guanidine groups is 1. The summed E-state index contributed by atoms with van der Waals surface area (Å²) in [6.45, 7) is 0.271. The lowest BCUT2D eigenvalue weighted by molar-refractivity contribution is -0.144. The number of aliphatic imine (C=N–C) groups is 1. The summed E-state index contributed by atoms with van der Waals surface area (Å²) < 4.78 is 0. The van der Waals surface area contributed by atoms with Crippen LogP contribution in [0.5, 0.6) is 0 Å². The first kappa shape index (κ1) is 29.1. The number of nitrogens with two attached hydrogens (primary N) is 4. The Bertz CT molecular complexity index is 860. The van der Waals surface area contributed by atoms with E-state index in [-0.39, 0.29) is 38.3 Å². The standard InChI is InChI=1S/C19H32N8O8/c20-9(7-14(29)30)17(33)27-6-2-4-12(27)16(32)26-11(8-13(21)28)15(31)25-10(18(34)35)3-1-5-24-19(22)23/h9-12H,1-8,20H2,(H2,21,28)(H,25,31)(H,26,32)(H,29,30)(H,34,35)(H4,22,23,24). The minimum Gasteiger partial charge on any atom is -0.481 e. The third kappa shape index (κ3) is 9.83. The molecule has 4 amide bonds. The molecule has 0 saturated carbocycles. The maximum Gasteiger partial charge on any atom is 0.326 e. The first-order chi connectivity index (χ1) is 16.3. The molecule has 0 bridgehead atoms. The molecule has 196 valence electrons. The van der Waals surface area contributed by atoms with Gasteiger partial charge in [0.05, 0.1) is 18.9 Å². The van der Waals surface area contributed by atoms with E-state index in [2.05, 4.69) is 15.6 Å². The lowest BCUT2D eigenvalue weighted by atomic mass is 10.1. The van der Waals surface area contributed by atoms with Gasteiger partial charge in [-0.3, -0.25) is 29.0 Å². The fourth-order valence-corrected chi connectivity index (χ4v) is 3.50. The van der Waals surface area contributed by atoms with Gasteiger partial charge < -0.3 is 48.7 Å². The fraction of sp³-hybridized carbons (Fsp3) is 0.632. The highest BCUT2D eigenvalue weighted by Crippen LogP contribution is 2.19. The third-order valence-electron chi connectivity index (χ3n) is 5.15. The Kier molecular flexibility index (Phi) is 11.4. The number of carboxylic acid groups (broad SMARTS) is 2. The summed E-state index contributed by atoms with van der Waals surface area (Å²) in [4.78, 5) is 76.7. The molecule has 16 heteroatoms. The van der Waals surface area contributed by atoms with E-state index in [0.29, 0.717) is 6.42 Å². The number of carboxylic acids is 2. The van der Waals surface area contributed by atoms with E-state index < -0.39 is 72.6 Å². The largest absolute Gasteiger partial charge is 0.481 e. The zero-order valence-corrected chi connectivity index (χ0v) is 19.0. The van der Waals surface area contributed by atoms with E-state index >= 15 is 0 Å². The number of carbonyl (C=O) groups is 6. The van der Waals surface area contributed by atoms with E-state index in [1.165, 1.54) is 0 Å². The van der Waals surface area contributed by atoms with Crippen molar-refractivity contribution in [2.45, 2.75) is 62.7 Å². The molecule has 0 spiro atoms. The first-order valence-corrected chi connectivity index (χ1v) is 10.8. The number of nitrogens with zero attached hydrogens (tertiary/aromatic N) is 2. The monoisotopic (exact) mass is 500 g/mol. The maximum atomic E-state index is 12.8. The molecule has 4 unspecified atom stereocenters. The van der Waals surface area contributed by atoms with Crippen LogP contribution in [0.4, 0.5) is 0 Å². The number of primary amides is 1. The van der Waals surface area contributed by atoms with Gasteiger partial charge in [0, 0.05) is 13.1 Å². The van der Waals surface area contributed by atoms with Crippen molar-refractivity contribution in [3.63, 3.8) is 0 Å². The van der Waals surface area contributed by atoms with Crippen molar-refractivity contribution >= 4 is 41.5 Å². The van der Waals surface area contributed by atoms with E-state index in [1.54, 1.807) is 0 Å². The number of likely N-dealkylation sites (tertiary alicyclic amines) is 1. The molecule has 16 nitrogen and oxygen atoms in total. The van der Waals surface area contributed by atoms with Crippen molar-refractivity contribution in [2.75, 3.05) is 13.1 Å². The SMILES string of the molecule is NC(=O)CC(NC(=O)C1CCCN1C(=O)C(N)CC(=O)O)C(=O)NC(CCCN=C(N)N)C(=O)O. The minimum absolute atomic E-state index is 0.0402. The molecule has 0 aromatic heterocycles. The minimum atomic E-state index is -1.51. The predicted molar refractivity (Wildman–Crippen MR) is 120 cm³/mol. The number of amides is 4.